The molecule has 136 valence electrons. The Hall–Kier alpha value is -2.26. The van der Waals surface area contributed by atoms with Crippen molar-refractivity contribution in [1.82, 2.24) is 9.55 Å². The summed E-state index contributed by atoms with van der Waals surface area (Å²) in [4.78, 5) is 25.7. The molecule has 0 radical (unpaired) electrons. The predicted octanol–water partition coefficient (Wildman–Crippen LogP) is 0.707. The number of hydrogen-bond donors (Lipinski definition) is 1. The minimum atomic E-state index is -0.764. The van der Waals surface area contributed by atoms with Crippen LogP contribution in [0.4, 0.5) is 0 Å². The van der Waals surface area contributed by atoms with Crippen LogP contribution in [-0.4, -0.2) is 40.6 Å². The van der Waals surface area contributed by atoms with Gasteiger partial charge in [-0.25, -0.2) is 4.79 Å². The Bertz CT molecular complexity index is 925. The first-order valence-corrected chi connectivity index (χ1v) is 8.58. The van der Waals surface area contributed by atoms with E-state index in [0.717, 1.165) is 5.56 Å². The van der Waals surface area contributed by atoms with Crippen LogP contribution in [0.1, 0.15) is 24.5 Å². The lowest BCUT2D eigenvalue weighted by Gasteiger charge is -2.56. The summed E-state index contributed by atoms with van der Waals surface area (Å²) in [6.45, 7) is 0.650. The number of benzene rings is 1. The van der Waals surface area contributed by atoms with E-state index in [4.69, 9.17) is 18.9 Å². The van der Waals surface area contributed by atoms with Crippen LogP contribution in [0.3, 0.4) is 0 Å². The second-order valence-corrected chi connectivity index (χ2v) is 6.85. The number of ether oxygens (including phenoxy) is 4. The molecule has 4 aliphatic heterocycles. The van der Waals surface area contributed by atoms with E-state index in [2.05, 4.69) is 4.98 Å². The molecule has 0 amide bonds. The Morgan fingerprint density at radius 1 is 1.08 bits per heavy atom. The van der Waals surface area contributed by atoms with Crippen molar-refractivity contribution in [2.75, 3.05) is 13.2 Å². The smallest absolute Gasteiger partial charge is 0.330 e. The van der Waals surface area contributed by atoms with Gasteiger partial charge in [0.15, 0.2) is 12.5 Å². The van der Waals surface area contributed by atoms with Crippen molar-refractivity contribution in [1.29, 1.82) is 0 Å². The number of aromatic amines is 1. The van der Waals surface area contributed by atoms with Crippen molar-refractivity contribution in [3.05, 3.63) is 69.0 Å². The lowest BCUT2D eigenvalue weighted by atomic mass is 9.85. The number of rotatable bonds is 2. The van der Waals surface area contributed by atoms with Crippen molar-refractivity contribution in [3.8, 4) is 0 Å². The highest BCUT2D eigenvalue weighted by molar-refractivity contribution is 5.17. The summed E-state index contributed by atoms with van der Waals surface area (Å²) in [6.07, 6.45) is 0.436. The largest absolute Gasteiger partial charge is 0.370 e. The van der Waals surface area contributed by atoms with Gasteiger partial charge in [-0.05, 0) is 0 Å². The summed E-state index contributed by atoms with van der Waals surface area (Å²) in [7, 11) is 0. The maximum absolute atomic E-state index is 12.1. The molecule has 5 atom stereocenters. The third kappa shape index (κ3) is 2.45. The van der Waals surface area contributed by atoms with Gasteiger partial charge in [0.2, 0.25) is 0 Å². The van der Waals surface area contributed by atoms with Crippen molar-refractivity contribution < 1.29 is 18.9 Å². The molecule has 0 saturated carbocycles. The average Bonchev–Trinajstić information content (AvgIpc) is 2.67. The van der Waals surface area contributed by atoms with Gasteiger partial charge in [0.05, 0.1) is 19.3 Å². The maximum Gasteiger partial charge on any atom is 0.330 e. The van der Waals surface area contributed by atoms with Crippen LogP contribution in [0.2, 0.25) is 0 Å². The number of hydrogen-bond acceptors (Lipinski definition) is 6. The third-order valence-electron chi connectivity index (χ3n) is 5.21. The zero-order chi connectivity index (χ0) is 17.7. The molecule has 1 spiro atoms. The Morgan fingerprint density at radius 2 is 1.88 bits per heavy atom. The lowest BCUT2D eigenvalue weighted by molar-refractivity contribution is -0.398. The molecule has 1 aromatic heterocycles. The standard InChI is InChI=1S/C18H18N2O6/c21-14-6-7-20(17(22)19-14)15-12-8-13-18(26-15,9-23-12)10-24-16(25-13)11-4-2-1-3-5-11/h1-7,12-13,15-16H,8-10H2,(H,19,21,22)/t12-,13?,15-,16-,18-/m1/s1. The molecule has 1 unspecified atom stereocenters. The molecule has 4 saturated heterocycles. The van der Waals surface area contributed by atoms with Crippen LogP contribution in [0.25, 0.3) is 0 Å². The second kappa shape index (κ2) is 5.88. The van der Waals surface area contributed by atoms with Crippen LogP contribution in [0.5, 0.6) is 0 Å². The number of nitrogens with zero attached hydrogens (tertiary/aromatic N) is 1. The molecule has 4 aliphatic rings. The highest BCUT2D eigenvalue weighted by Gasteiger charge is 2.59. The summed E-state index contributed by atoms with van der Waals surface area (Å²) in [5.74, 6) is 0. The van der Waals surface area contributed by atoms with Gasteiger partial charge in [0.25, 0.3) is 5.56 Å². The molecule has 6 rings (SSSR count). The van der Waals surface area contributed by atoms with E-state index in [9.17, 15) is 9.59 Å². The van der Waals surface area contributed by atoms with E-state index in [-0.39, 0.29) is 12.2 Å². The van der Waals surface area contributed by atoms with Gasteiger partial charge in [-0.15, -0.1) is 0 Å². The number of nitrogens with one attached hydrogen (secondary N) is 1. The zero-order valence-electron chi connectivity index (χ0n) is 13.9. The zero-order valence-corrected chi connectivity index (χ0v) is 13.9. The van der Waals surface area contributed by atoms with Gasteiger partial charge < -0.3 is 18.9 Å². The molecule has 2 bridgehead atoms. The minimum absolute atomic E-state index is 0.185. The number of fused-ring (bicyclic) bond motifs is 2. The van der Waals surface area contributed by atoms with Gasteiger partial charge in [-0.3, -0.25) is 14.3 Å². The molecule has 1 aromatic carbocycles. The molecule has 2 aromatic rings. The van der Waals surface area contributed by atoms with Crippen molar-refractivity contribution in [3.63, 3.8) is 0 Å². The van der Waals surface area contributed by atoms with Gasteiger partial charge in [-0.2, -0.15) is 0 Å². The average molecular weight is 358 g/mol. The fraction of sp³-hybridized carbons (Fsp3) is 0.444. The van der Waals surface area contributed by atoms with Gasteiger partial charge in [0, 0.05) is 24.2 Å². The van der Waals surface area contributed by atoms with Gasteiger partial charge in [-0.1, -0.05) is 30.3 Å². The van der Waals surface area contributed by atoms with Crippen molar-refractivity contribution >= 4 is 0 Å². The van der Waals surface area contributed by atoms with Crippen molar-refractivity contribution in [2.24, 2.45) is 0 Å². The quantitative estimate of drug-likeness (QED) is 0.850. The van der Waals surface area contributed by atoms with Crippen LogP contribution in [0.15, 0.2) is 52.2 Å². The molecule has 4 fully saturated rings. The summed E-state index contributed by atoms with van der Waals surface area (Å²) in [5, 5.41) is 0. The summed E-state index contributed by atoms with van der Waals surface area (Å²) >= 11 is 0. The Morgan fingerprint density at radius 3 is 2.69 bits per heavy atom. The monoisotopic (exact) mass is 358 g/mol. The van der Waals surface area contributed by atoms with Crippen LogP contribution in [0, 0.1) is 0 Å². The lowest BCUT2D eigenvalue weighted by Crippen LogP contribution is -2.68. The normalized spacial score (nSPS) is 35.8. The number of aromatic nitrogens is 2. The summed E-state index contributed by atoms with van der Waals surface area (Å²) < 4.78 is 25.6. The Balaban J connectivity index is 1.41. The SMILES string of the molecule is O=c1ccn([C@@H]2O[C@]34CO[C@@H](c5ccccc5)OC3C[C@H]2OC4)c(=O)[nH]1. The Labute approximate surface area is 148 Å². The third-order valence-corrected chi connectivity index (χ3v) is 5.21. The minimum Gasteiger partial charge on any atom is -0.370 e. The van der Waals surface area contributed by atoms with E-state index < -0.39 is 29.4 Å². The fourth-order valence-electron chi connectivity index (χ4n) is 3.86. The highest BCUT2D eigenvalue weighted by atomic mass is 16.7. The molecular weight excluding hydrogens is 340 g/mol. The van der Waals surface area contributed by atoms with Crippen LogP contribution < -0.4 is 11.2 Å². The highest BCUT2D eigenvalue weighted by Crippen LogP contribution is 2.47. The van der Waals surface area contributed by atoms with E-state index in [0.29, 0.717) is 19.6 Å². The van der Waals surface area contributed by atoms with Crippen LogP contribution in [-0.2, 0) is 18.9 Å². The summed E-state index contributed by atoms with van der Waals surface area (Å²) in [6, 6.07) is 11.0. The molecule has 0 aliphatic carbocycles. The Kier molecular flexibility index (Phi) is 3.61. The summed E-state index contributed by atoms with van der Waals surface area (Å²) in [5.41, 5.74) is -0.774. The van der Waals surface area contributed by atoms with E-state index in [1.165, 1.54) is 16.8 Å². The predicted molar refractivity (Wildman–Crippen MR) is 88.5 cm³/mol. The molecule has 8 nitrogen and oxygen atoms in total. The molecule has 1 N–H and O–H groups in total. The first-order chi connectivity index (χ1) is 12.6. The molecule has 26 heavy (non-hydrogen) atoms. The molecular formula is C18H18N2O6. The number of H-pyrrole nitrogens is 1. The molecule has 8 heteroatoms. The topological polar surface area (TPSA) is 91.8 Å². The maximum atomic E-state index is 12.1. The van der Waals surface area contributed by atoms with Crippen molar-refractivity contribution in [2.45, 2.75) is 36.7 Å². The van der Waals surface area contributed by atoms with Gasteiger partial charge in [0.1, 0.15) is 11.7 Å². The van der Waals surface area contributed by atoms with E-state index in [1.807, 2.05) is 30.3 Å². The molecule has 5 heterocycles. The van der Waals surface area contributed by atoms with Crippen LogP contribution >= 0.6 is 0 Å². The first-order valence-electron chi connectivity index (χ1n) is 8.58. The second-order valence-electron chi connectivity index (χ2n) is 6.85. The van der Waals surface area contributed by atoms with Gasteiger partial charge >= 0.3 is 5.69 Å². The van der Waals surface area contributed by atoms with E-state index in [1.54, 1.807) is 0 Å². The van der Waals surface area contributed by atoms with E-state index >= 15 is 0 Å². The fourth-order valence-corrected chi connectivity index (χ4v) is 3.86. The first kappa shape index (κ1) is 16.0.